The molecule has 0 bridgehead atoms. The lowest BCUT2D eigenvalue weighted by Crippen LogP contribution is -2.44. The number of hydrogen-bond donors (Lipinski definition) is 1. The van der Waals surface area contributed by atoms with Gasteiger partial charge in [-0.05, 0) is 0 Å². The van der Waals surface area contributed by atoms with Crippen molar-refractivity contribution in [2.24, 2.45) is 0 Å². The molecular weight excluding hydrogens is 249 g/mol. The number of hydrogen-bond acceptors (Lipinski definition) is 4. The smallest absolute Gasteiger partial charge is 0.147 e. The molecule has 4 nitrogen and oxygen atoms in total. The van der Waals surface area contributed by atoms with Crippen LogP contribution in [0.5, 0.6) is 5.75 Å². The molecule has 1 saturated heterocycles. The van der Waals surface area contributed by atoms with E-state index in [1.807, 2.05) is 0 Å². The lowest BCUT2D eigenvalue weighted by molar-refractivity contribution is 0.413. The van der Waals surface area contributed by atoms with E-state index >= 15 is 0 Å². The third kappa shape index (κ3) is 2.90. The van der Waals surface area contributed by atoms with Crippen molar-refractivity contribution in [1.82, 2.24) is 10.3 Å². The summed E-state index contributed by atoms with van der Waals surface area (Å²) in [5, 5.41) is 3.94. The molecule has 16 heavy (non-hydrogen) atoms. The van der Waals surface area contributed by atoms with Crippen molar-refractivity contribution in [3.63, 3.8) is 0 Å². The zero-order valence-electron chi connectivity index (χ0n) is 9.07. The number of aromatic nitrogens is 1. The van der Waals surface area contributed by atoms with Crippen LogP contribution in [0.25, 0.3) is 0 Å². The van der Waals surface area contributed by atoms with E-state index in [0.29, 0.717) is 10.8 Å². The molecule has 1 aliphatic rings. The zero-order valence-corrected chi connectivity index (χ0v) is 10.6. The van der Waals surface area contributed by atoms with Gasteiger partial charge in [-0.1, -0.05) is 11.6 Å². The first kappa shape index (κ1) is 13.4. The average Bonchev–Trinajstić information content (AvgIpc) is 2.30. The van der Waals surface area contributed by atoms with Gasteiger partial charge in [-0.3, -0.25) is 0 Å². The van der Waals surface area contributed by atoms with Gasteiger partial charge in [0.1, 0.15) is 11.6 Å². The number of piperazine rings is 1. The van der Waals surface area contributed by atoms with Crippen LogP contribution < -0.4 is 15.0 Å². The molecule has 1 aromatic heterocycles. The first-order chi connectivity index (χ1) is 7.31. The van der Waals surface area contributed by atoms with Crippen LogP contribution in [0, 0.1) is 0 Å². The quantitative estimate of drug-likeness (QED) is 0.880. The van der Waals surface area contributed by atoms with Gasteiger partial charge in [0.25, 0.3) is 0 Å². The molecule has 0 amide bonds. The number of anilines is 1. The summed E-state index contributed by atoms with van der Waals surface area (Å²) in [5.41, 5.74) is 0. The predicted molar refractivity (Wildman–Crippen MR) is 68.1 cm³/mol. The fourth-order valence-corrected chi connectivity index (χ4v) is 1.91. The van der Waals surface area contributed by atoms with Crippen LogP contribution in [0.15, 0.2) is 12.3 Å². The van der Waals surface area contributed by atoms with Crippen molar-refractivity contribution in [1.29, 1.82) is 0 Å². The van der Waals surface area contributed by atoms with Crippen molar-refractivity contribution in [3.8, 4) is 5.75 Å². The highest BCUT2D eigenvalue weighted by molar-refractivity contribution is 6.33. The van der Waals surface area contributed by atoms with Gasteiger partial charge < -0.3 is 15.0 Å². The summed E-state index contributed by atoms with van der Waals surface area (Å²) in [6.45, 7) is 3.84. The summed E-state index contributed by atoms with van der Waals surface area (Å²) in [7, 11) is 1.61. The highest BCUT2D eigenvalue weighted by atomic mass is 35.5. The molecule has 1 N–H and O–H groups in total. The summed E-state index contributed by atoms with van der Waals surface area (Å²) in [6, 6.07) is 1.80. The maximum Gasteiger partial charge on any atom is 0.147 e. The maximum atomic E-state index is 6.14. The Kier molecular flexibility index (Phi) is 5.12. The third-order valence-corrected chi connectivity index (χ3v) is 2.73. The Hall–Kier alpha value is -0.710. The summed E-state index contributed by atoms with van der Waals surface area (Å²) in [5.74, 6) is 1.54. The minimum atomic E-state index is 0. The van der Waals surface area contributed by atoms with Crippen molar-refractivity contribution in [2.75, 3.05) is 38.2 Å². The van der Waals surface area contributed by atoms with Gasteiger partial charge in [-0.25, -0.2) is 4.98 Å². The molecule has 1 fully saturated rings. The second-order valence-electron chi connectivity index (χ2n) is 3.42. The second-order valence-corrected chi connectivity index (χ2v) is 3.82. The van der Waals surface area contributed by atoms with Gasteiger partial charge >= 0.3 is 0 Å². The van der Waals surface area contributed by atoms with E-state index in [9.17, 15) is 0 Å². The third-order valence-electron chi connectivity index (χ3n) is 2.45. The summed E-state index contributed by atoms with van der Waals surface area (Å²) < 4.78 is 5.06. The molecule has 6 heteroatoms. The van der Waals surface area contributed by atoms with E-state index in [4.69, 9.17) is 16.3 Å². The number of rotatable bonds is 2. The van der Waals surface area contributed by atoms with E-state index in [1.165, 1.54) is 0 Å². The summed E-state index contributed by atoms with van der Waals surface area (Å²) in [4.78, 5) is 6.49. The molecule has 1 aromatic rings. The van der Waals surface area contributed by atoms with Gasteiger partial charge in [0.15, 0.2) is 0 Å². The van der Waals surface area contributed by atoms with Crippen LogP contribution in [0.3, 0.4) is 0 Å². The van der Waals surface area contributed by atoms with Crippen LogP contribution in [0.2, 0.25) is 5.02 Å². The largest absolute Gasteiger partial charge is 0.495 e. The van der Waals surface area contributed by atoms with Crippen LogP contribution in [0.4, 0.5) is 5.82 Å². The molecule has 0 aliphatic carbocycles. The Bertz CT molecular complexity index is 343. The number of nitrogens with zero attached hydrogens (tertiary/aromatic N) is 2. The normalized spacial score (nSPS) is 15.5. The minimum Gasteiger partial charge on any atom is -0.495 e. The molecule has 0 unspecified atom stereocenters. The lowest BCUT2D eigenvalue weighted by atomic mass is 10.3. The first-order valence-electron chi connectivity index (χ1n) is 4.96. The Morgan fingerprint density at radius 3 is 2.69 bits per heavy atom. The van der Waals surface area contributed by atoms with E-state index in [1.54, 1.807) is 19.4 Å². The fourth-order valence-electron chi connectivity index (χ4n) is 1.63. The maximum absolute atomic E-state index is 6.14. The molecule has 0 radical (unpaired) electrons. The molecular formula is C10H15Cl2N3O. The second kappa shape index (κ2) is 6.13. The SMILES string of the molecule is COc1cnc(N2CCNCC2)c(Cl)c1.Cl. The van der Waals surface area contributed by atoms with Crippen LogP contribution in [0.1, 0.15) is 0 Å². The first-order valence-corrected chi connectivity index (χ1v) is 5.34. The van der Waals surface area contributed by atoms with Gasteiger partial charge in [0, 0.05) is 32.2 Å². The Balaban J connectivity index is 0.00000128. The van der Waals surface area contributed by atoms with Crippen molar-refractivity contribution in [2.45, 2.75) is 0 Å². The predicted octanol–water partition coefficient (Wildman–Crippen LogP) is 1.57. The number of methoxy groups -OCH3 is 1. The molecule has 1 aliphatic heterocycles. The number of halogens is 2. The average molecular weight is 264 g/mol. The van der Waals surface area contributed by atoms with Crippen LogP contribution in [-0.4, -0.2) is 38.3 Å². The Morgan fingerprint density at radius 1 is 1.44 bits per heavy atom. The monoisotopic (exact) mass is 263 g/mol. The molecule has 0 saturated carbocycles. The molecule has 2 rings (SSSR count). The summed E-state index contributed by atoms with van der Waals surface area (Å²) >= 11 is 6.14. The van der Waals surface area contributed by atoms with Crippen molar-refractivity contribution in [3.05, 3.63) is 17.3 Å². The van der Waals surface area contributed by atoms with Gasteiger partial charge in [0.05, 0.1) is 18.3 Å². The van der Waals surface area contributed by atoms with Crippen molar-refractivity contribution < 1.29 is 4.74 Å². The van der Waals surface area contributed by atoms with Gasteiger partial charge in [-0.15, -0.1) is 12.4 Å². The molecule has 0 aromatic carbocycles. The summed E-state index contributed by atoms with van der Waals surface area (Å²) in [6.07, 6.45) is 1.70. The van der Waals surface area contributed by atoms with Crippen LogP contribution >= 0.6 is 24.0 Å². The highest BCUT2D eigenvalue weighted by Gasteiger charge is 2.15. The van der Waals surface area contributed by atoms with Gasteiger partial charge in [-0.2, -0.15) is 0 Å². The standard InChI is InChI=1S/C10H14ClN3O.ClH/c1-15-8-6-9(11)10(13-7-8)14-4-2-12-3-5-14;/h6-7,12H,2-5H2,1H3;1H. The molecule has 2 heterocycles. The van der Waals surface area contributed by atoms with Crippen molar-refractivity contribution >= 4 is 29.8 Å². The van der Waals surface area contributed by atoms with E-state index in [-0.39, 0.29) is 12.4 Å². The molecule has 90 valence electrons. The zero-order chi connectivity index (χ0) is 10.7. The highest BCUT2D eigenvalue weighted by Crippen LogP contribution is 2.26. The topological polar surface area (TPSA) is 37.4 Å². The lowest BCUT2D eigenvalue weighted by Gasteiger charge is -2.29. The Morgan fingerprint density at radius 2 is 2.12 bits per heavy atom. The van der Waals surface area contributed by atoms with Gasteiger partial charge in [0.2, 0.25) is 0 Å². The van der Waals surface area contributed by atoms with Crippen LogP contribution in [-0.2, 0) is 0 Å². The van der Waals surface area contributed by atoms with E-state index in [0.717, 1.165) is 32.0 Å². The van der Waals surface area contributed by atoms with E-state index < -0.39 is 0 Å². The fraction of sp³-hybridized carbons (Fsp3) is 0.500. The number of ether oxygens (including phenoxy) is 1. The number of nitrogens with one attached hydrogen (secondary N) is 1. The minimum absolute atomic E-state index is 0. The van der Waals surface area contributed by atoms with E-state index in [2.05, 4.69) is 15.2 Å². The number of pyridine rings is 1. The molecule has 0 spiro atoms. The molecule has 0 atom stereocenters. The Labute approximate surface area is 106 Å².